The molecule has 0 spiro atoms. The van der Waals surface area contributed by atoms with Gasteiger partial charge >= 0.3 is 0 Å². The molecular formula is C16H34N4O4S. The van der Waals surface area contributed by atoms with Gasteiger partial charge in [-0.25, -0.2) is 12.7 Å². The quantitative estimate of drug-likeness (QED) is 0.290. The molecule has 8 nitrogen and oxygen atoms in total. The molecule has 1 heterocycles. The first-order valence-electron chi connectivity index (χ1n) is 9.07. The molecule has 1 aliphatic rings. The highest BCUT2D eigenvalue weighted by molar-refractivity contribution is 7.89. The van der Waals surface area contributed by atoms with Crippen LogP contribution in [0, 0.1) is 0 Å². The molecule has 2 N–H and O–H groups in total. The molecule has 1 unspecified atom stereocenters. The van der Waals surface area contributed by atoms with Crippen LogP contribution in [0.25, 0.3) is 0 Å². The Kier molecular flexibility index (Phi) is 11.0. The number of nitrogens with one attached hydrogen (secondary N) is 2. The van der Waals surface area contributed by atoms with Crippen molar-refractivity contribution < 1.29 is 17.9 Å². The zero-order chi connectivity index (χ0) is 18.5. The van der Waals surface area contributed by atoms with E-state index in [1.807, 2.05) is 0 Å². The SMILES string of the molecule is CCS(=O)(=O)N(C)CCCNC(=NC)NCCCOCC1CCCO1. The van der Waals surface area contributed by atoms with E-state index >= 15 is 0 Å². The Morgan fingerprint density at radius 3 is 2.64 bits per heavy atom. The van der Waals surface area contributed by atoms with Crippen LogP contribution < -0.4 is 10.6 Å². The Morgan fingerprint density at radius 2 is 2.04 bits per heavy atom. The third kappa shape index (κ3) is 9.39. The minimum Gasteiger partial charge on any atom is -0.379 e. The fraction of sp³-hybridized carbons (Fsp3) is 0.938. The van der Waals surface area contributed by atoms with E-state index in [4.69, 9.17) is 9.47 Å². The second kappa shape index (κ2) is 12.5. The van der Waals surface area contributed by atoms with Crippen molar-refractivity contribution in [3.05, 3.63) is 0 Å². The number of nitrogens with zero attached hydrogens (tertiary/aromatic N) is 2. The van der Waals surface area contributed by atoms with Crippen LogP contribution in [0.3, 0.4) is 0 Å². The lowest BCUT2D eigenvalue weighted by Gasteiger charge is -2.17. The molecule has 1 atom stereocenters. The van der Waals surface area contributed by atoms with Gasteiger partial charge in [0.2, 0.25) is 10.0 Å². The number of aliphatic imine (C=N–C) groups is 1. The van der Waals surface area contributed by atoms with Crippen molar-refractivity contribution in [2.45, 2.75) is 38.7 Å². The number of rotatable bonds is 12. The molecule has 0 bridgehead atoms. The number of sulfonamides is 1. The van der Waals surface area contributed by atoms with Crippen LogP contribution in [-0.4, -0.2) is 84.1 Å². The van der Waals surface area contributed by atoms with Crippen molar-refractivity contribution in [3.8, 4) is 0 Å². The van der Waals surface area contributed by atoms with Gasteiger partial charge in [-0.05, 0) is 32.6 Å². The Hall–Kier alpha value is -0.900. The second-order valence-electron chi connectivity index (χ2n) is 6.06. The van der Waals surface area contributed by atoms with Gasteiger partial charge in [0.1, 0.15) is 0 Å². The summed E-state index contributed by atoms with van der Waals surface area (Å²) in [5.41, 5.74) is 0. The summed E-state index contributed by atoms with van der Waals surface area (Å²) in [4.78, 5) is 4.15. The first kappa shape index (κ1) is 22.1. The highest BCUT2D eigenvalue weighted by Crippen LogP contribution is 2.11. The van der Waals surface area contributed by atoms with Crippen LogP contribution in [0.5, 0.6) is 0 Å². The monoisotopic (exact) mass is 378 g/mol. The third-order valence-corrected chi connectivity index (χ3v) is 5.95. The van der Waals surface area contributed by atoms with Crippen LogP contribution in [0.15, 0.2) is 4.99 Å². The van der Waals surface area contributed by atoms with E-state index in [0.29, 0.717) is 26.3 Å². The molecule has 0 aromatic rings. The van der Waals surface area contributed by atoms with Gasteiger partial charge in [-0.2, -0.15) is 0 Å². The Morgan fingerprint density at radius 1 is 1.32 bits per heavy atom. The van der Waals surface area contributed by atoms with Gasteiger partial charge in [0.25, 0.3) is 0 Å². The Labute approximate surface area is 152 Å². The maximum Gasteiger partial charge on any atom is 0.213 e. The van der Waals surface area contributed by atoms with Crippen molar-refractivity contribution in [1.82, 2.24) is 14.9 Å². The molecule has 148 valence electrons. The normalized spacial score (nSPS) is 18.7. The van der Waals surface area contributed by atoms with Gasteiger partial charge < -0.3 is 20.1 Å². The predicted molar refractivity (Wildman–Crippen MR) is 100 cm³/mol. The van der Waals surface area contributed by atoms with E-state index in [9.17, 15) is 8.42 Å². The van der Waals surface area contributed by atoms with E-state index in [1.165, 1.54) is 4.31 Å². The standard InChI is InChI=1S/C16H34N4O4S/c1-4-25(21,22)20(3)11-6-9-18-16(17-2)19-10-7-12-23-14-15-8-5-13-24-15/h15H,4-14H2,1-3H3,(H2,17,18,19). The molecule has 25 heavy (non-hydrogen) atoms. The van der Waals surface area contributed by atoms with Gasteiger partial charge in [-0.1, -0.05) is 0 Å². The van der Waals surface area contributed by atoms with Crippen molar-refractivity contribution in [1.29, 1.82) is 0 Å². The molecule has 0 aromatic heterocycles. The summed E-state index contributed by atoms with van der Waals surface area (Å²) >= 11 is 0. The summed E-state index contributed by atoms with van der Waals surface area (Å²) in [6.07, 6.45) is 4.13. The Balaban J connectivity index is 2.02. The summed E-state index contributed by atoms with van der Waals surface area (Å²) in [6.45, 7) is 5.83. The van der Waals surface area contributed by atoms with Crippen molar-refractivity contribution in [2.24, 2.45) is 4.99 Å². The largest absolute Gasteiger partial charge is 0.379 e. The zero-order valence-corrected chi connectivity index (χ0v) is 16.6. The lowest BCUT2D eigenvalue weighted by molar-refractivity contribution is 0.0168. The number of guanidine groups is 1. The molecule has 0 radical (unpaired) electrons. The fourth-order valence-corrected chi connectivity index (χ4v) is 3.31. The van der Waals surface area contributed by atoms with Crippen LogP contribution in [0.1, 0.15) is 32.6 Å². The molecular weight excluding hydrogens is 344 g/mol. The molecule has 1 fully saturated rings. The Bertz CT molecular complexity index is 479. The summed E-state index contributed by atoms with van der Waals surface area (Å²) in [7, 11) is 0.236. The lowest BCUT2D eigenvalue weighted by Crippen LogP contribution is -2.39. The second-order valence-corrected chi connectivity index (χ2v) is 8.43. The maximum absolute atomic E-state index is 11.6. The van der Waals surface area contributed by atoms with Gasteiger partial charge in [-0.3, -0.25) is 4.99 Å². The van der Waals surface area contributed by atoms with E-state index in [2.05, 4.69) is 15.6 Å². The minimum absolute atomic E-state index is 0.134. The van der Waals surface area contributed by atoms with Crippen LogP contribution in [0.2, 0.25) is 0 Å². The van der Waals surface area contributed by atoms with Crippen LogP contribution in [0.4, 0.5) is 0 Å². The van der Waals surface area contributed by atoms with E-state index in [1.54, 1.807) is 21.0 Å². The minimum atomic E-state index is -3.10. The highest BCUT2D eigenvalue weighted by Gasteiger charge is 2.15. The summed E-state index contributed by atoms with van der Waals surface area (Å²) in [5, 5.41) is 6.41. The smallest absolute Gasteiger partial charge is 0.213 e. The van der Waals surface area contributed by atoms with Crippen LogP contribution in [-0.2, 0) is 19.5 Å². The van der Waals surface area contributed by atoms with Gasteiger partial charge in [-0.15, -0.1) is 0 Å². The first-order chi connectivity index (χ1) is 12.0. The molecule has 0 aliphatic carbocycles. The van der Waals surface area contributed by atoms with Crippen molar-refractivity contribution in [2.75, 3.05) is 59.3 Å². The number of hydrogen-bond donors (Lipinski definition) is 2. The van der Waals surface area contributed by atoms with Crippen molar-refractivity contribution in [3.63, 3.8) is 0 Å². The average molecular weight is 379 g/mol. The molecule has 1 saturated heterocycles. The summed E-state index contributed by atoms with van der Waals surface area (Å²) in [5.74, 6) is 0.856. The zero-order valence-electron chi connectivity index (χ0n) is 15.8. The van der Waals surface area contributed by atoms with Gasteiger partial charge in [0.15, 0.2) is 5.96 Å². The molecule has 0 aromatic carbocycles. The van der Waals surface area contributed by atoms with E-state index in [0.717, 1.165) is 44.8 Å². The predicted octanol–water partition coefficient (Wildman–Crippen LogP) is 0.409. The van der Waals surface area contributed by atoms with Crippen molar-refractivity contribution >= 4 is 16.0 Å². The number of ether oxygens (including phenoxy) is 2. The lowest BCUT2D eigenvalue weighted by atomic mass is 10.2. The van der Waals surface area contributed by atoms with E-state index < -0.39 is 10.0 Å². The van der Waals surface area contributed by atoms with Gasteiger partial charge in [0.05, 0.1) is 18.5 Å². The number of hydrogen-bond acceptors (Lipinski definition) is 5. The van der Waals surface area contributed by atoms with Gasteiger partial charge in [0, 0.05) is 46.9 Å². The summed E-state index contributed by atoms with van der Waals surface area (Å²) in [6, 6.07) is 0. The maximum atomic E-state index is 11.6. The summed E-state index contributed by atoms with van der Waals surface area (Å²) < 4.78 is 35.8. The topological polar surface area (TPSA) is 92.3 Å². The highest BCUT2D eigenvalue weighted by atomic mass is 32.2. The molecule has 0 saturated carbocycles. The molecule has 1 aliphatic heterocycles. The molecule has 1 rings (SSSR count). The van der Waals surface area contributed by atoms with E-state index in [-0.39, 0.29) is 11.9 Å². The molecule has 9 heteroatoms. The first-order valence-corrected chi connectivity index (χ1v) is 10.7. The average Bonchev–Trinajstić information content (AvgIpc) is 3.12. The molecule has 0 amide bonds. The van der Waals surface area contributed by atoms with Crippen LogP contribution >= 0.6 is 0 Å². The fourth-order valence-electron chi connectivity index (χ4n) is 2.46. The third-order valence-electron chi connectivity index (χ3n) is 4.09.